The highest BCUT2D eigenvalue weighted by molar-refractivity contribution is 9.10. The van der Waals surface area contributed by atoms with E-state index < -0.39 is 0 Å². The Kier molecular flexibility index (Phi) is 3.56. The van der Waals surface area contributed by atoms with Crippen molar-refractivity contribution in [3.05, 3.63) is 46.4 Å². The van der Waals surface area contributed by atoms with Crippen molar-refractivity contribution < 1.29 is 0 Å². The maximum atomic E-state index is 5.70. The highest BCUT2D eigenvalue weighted by Gasteiger charge is 2.16. The van der Waals surface area contributed by atoms with E-state index in [0.29, 0.717) is 5.82 Å². The lowest BCUT2D eigenvalue weighted by Gasteiger charge is -2.19. The first kappa shape index (κ1) is 12.9. The van der Waals surface area contributed by atoms with E-state index in [4.69, 9.17) is 5.73 Å². The van der Waals surface area contributed by atoms with Gasteiger partial charge in [0.1, 0.15) is 11.6 Å². The summed E-state index contributed by atoms with van der Waals surface area (Å²) in [5, 5.41) is 7.72. The molecule has 5 nitrogen and oxygen atoms in total. The predicted molar refractivity (Wildman–Crippen MR) is 86.1 cm³/mol. The second-order valence-electron chi connectivity index (χ2n) is 4.49. The van der Waals surface area contributed by atoms with Gasteiger partial charge in [0.15, 0.2) is 0 Å². The molecule has 0 saturated carbocycles. The average molecular weight is 332 g/mol. The summed E-state index contributed by atoms with van der Waals surface area (Å²) in [4.78, 5) is 4.28. The van der Waals surface area contributed by atoms with Crippen molar-refractivity contribution in [3.63, 3.8) is 0 Å². The van der Waals surface area contributed by atoms with Gasteiger partial charge in [0.05, 0.1) is 11.4 Å². The number of anilines is 3. The summed E-state index contributed by atoms with van der Waals surface area (Å²) in [6.45, 7) is 0.810. The molecule has 1 aliphatic rings. The number of pyridine rings is 1. The topological polar surface area (TPSA) is 75.3 Å². The van der Waals surface area contributed by atoms with E-state index in [1.165, 1.54) is 0 Å². The number of nitrogens with two attached hydrogens (primary N) is 1. The first-order chi connectivity index (χ1) is 9.72. The molecule has 0 fully saturated rings. The second-order valence-corrected chi connectivity index (χ2v) is 5.40. The number of hydrazone groups is 1. The first-order valence-corrected chi connectivity index (χ1v) is 7.10. The third-order valence-corrected chi connectivity index (χ3v) is 3.57. The van der Waals surface area contributed by atoms with Crippen LogP contribution in [0.1, 0.15) is 12.0 Å². The molecule has 0 saturated heterocycles. The van der Waals surface area contributed by atoms with Crippen molar-refractivity contribution in [1.29, 1.82) is 0 Å². The smallest absolute Gasteiger partial charge is 0.137 e. The first-order valence-electron chi connectivity index (χ1n) is 6.31. The van der Waals surface area contributed by atoms with E-state index in [1.807, 2.05) is 30.3 Å². The molecule has 2 aromatic rings. The van der Waals surface area contributed by atoms with Gasteiger partial charge < -0.3 is 11.1 Å². The summed E-state index contributed by atoms with van der Waals surface area (Å²) >= 11 is 3.41. The van der Waals surface area contributed by atoms with Gasteiger partial charge in [-0.25, -0.2) is 4.98 Å². The zero-order valence-electron chi connectivity index (χ0n) is 10.7. The third kappa shape index (κ3) is 2.75. The maximum Gasteiger partial charge on any atom is 0.137 e. The van der Waals surface area contributed by atoms with Gasteiger partial charge in [0, 0.05) is 23.0 Å². The van der Waals surface area contributed by atoms with Gasteiger partial charge in [-0.1, -0.05) is 15.9 Å². The van der Waals surface area contributed by atoms with E-state index in [0.717, 1.165) is 40.2 Å². The van der Waals surface area contributed by atoms with E-state index in [-0.39, 0.29) is 0 Å². The number of nitrogen functional groups attached to an aromatic ring is 1. The minimum absolute atomic E-state index is 0.512. The molecule has 2 heterocycles. The van der Waals surface area contributed by atoms with Crippen LogP contribution in [0.4, 0.5) is 17.3 Å². The summed E-state index contributed by atoms with van der Waals surface area (Å²) in [7, 11) is 0. The van der Waals surface area contributed by atoms with E-state index in [1.54, 1.807) is 6.07 Å². The number of benzene rings is 1. The summed E-state index contributed by atoms with van der Waals surface area (Å²) in [5.74, 6) is 1.31. The molecule has 0 spiro atoms. The Bertz CT molecular complexity index is 651. The van der Waals surface area contributed by atoms with Crippen LogP contribution < -0.4 is 16.5 Å². The Morgan fingerprint density at radius 3 is 2.80 bits per heavy atom. The van der Waals surface area contributed by atoms with Gasteiger partial charge in [-0.3, -0.25) is 5.43 Å². The highest BCUT2D eigenvalue weighted by Crippen LogP contribution is 2.22. The Labute approximate surface area is 125 Å². The van der Waals surface area contributed by atoms with E-state index in [2.05, 4.69) is 36.8 Å². The molecule has 0 radical (unpaired) electrons. The van der Waals surface area contributed by atoms with Crippen LogP contribution in [0.2, 0.25) is 0 Å². The fourth-order valence-electron chi connectivity index (χ4n) is 2.05. The molecule has 0 amide bonds. The number of rotatable bonds is 2. The second kappa shape index (κ2) is 5.50. The molecular formula is C14H14BrN5. The molecule has 0 unspecified atom stereocenters. The number of nitrogens with one attached hydrogen (secondary N) is 2. The van der Waals surface area contributed by atoms with Crippen LogP contribution in [-0.2, 0) is 0 Å². The Morgan fingerprint density at radius 1 is 1.20 bits per heavy atom. The molecular weight excluding hydrogens is 318 g/mol. The van der Waals surface area contributed by atoms with E-state index >= 15 is 0 Å². The lowest BCUT2D eigenvalue weighted by Crippen LogP contribution is -2.21. The van der Waals surface area contributed by atoms with Gasteiger partial charge in [-0.2, -0.15) is 5.10 Å². The van der Waals surface area contributed by atoms with Crippen LogP contribution >= 0.6 is 15.9 Å². The summed E-state index contributed by atoms with van der Waals surface area (Å²) in [5.41, 5.74) is 11.7. The standard InChI is InChI=1S/C14H14BrN5/c15-9-1-3-10(4-2-9)19-20-12-7-8-17-14-11(12)5-6-13(16)18-14/h1-6,19H,7-8H2,(H3,16,17,18)/b20-12+. The molecule has 1 aromatic heterocycles. The molecule has 0 aliphatic carbocycles. The van der Waals surface area contributed by atoms with Gasteiger partial charge in [-0.15, -0.1) is 0 Å². The number of aromatic nitrogens is 1. The minimum Gasteiger partial charge on any atom is -0.384 e. The zero-order chi connectivity index (χ0) is 13.9. The van der Waals surface area contributed by atoms with Gasteiger partial charge >= 0.3 is 0 Å². The van der Waals surface area contributed by atoms with Crippen molar-refractivity contribution in [2.24, 2.45) is 5.10 Å². The Hall–Kier alpha value is -2.08. The predicted octanol–water partition coefficient (Wildman–Crippen LogP) is 3.06. The van der Waals surface area contributed by atoms with Crippen molar-refractivity contribution in [3.8, 4) is 0 Å². The fraction of sp³-hybridized carbons (Fsp3) is 0.143. The lowest BCUT2D eigenvalue weighted by molar-refractivity contribution is 1.04. The molecule has 1 aliphatic heterocycles. The molecule has 102 valence electrons. The van der Waals surface area contributed by atoms with Crippen molar-refractivity contribution in [2.75, 3.05) is 23.0 Å². The SMILES string of the molecule is Nc1ccc2c(n1)NCC/C2=N\Nc1ccc(Br)cc1. The quantitative estimate of drug-likeness (QED) is 0.739. The van der Waals surface area contributed by atoms with Crippen molar-refractivity contribution in [2.45, 2.75) is 6.42 Å². The van der Waals surface area contributed by atoms with E-state index in [9.17, 15) is 0 Å². The monoisotopic (exact) mass is 331 g/mol. The Balaban J connectivity index is 1.84. The van der Waals surface area contributed by atoms with Gasteiger partial charge in [0.25, 0.3) is 0 Å². The molecule has 3 rings (SSSR count). The van der Waals surface area contributed by atoms with Gasteiger partial charge in [-0.05, 0) is 36.4 Å². The average Bonchev–Trinajstić information content (AvgIpc) is 2.46. The molecule has 6 heteroatoms. The number of hydrogen-bond donors (Lipinski definition) is 3. The van der Waals surface area contributed by atoms with Crippen molar-refractivity contribution in [1.82, 2.24) is 4.98 Å². The largest absolute Gasteiger partial charge is 0.384 e. The fourth-order valence-corrected chi connectivity index (χ4v) is 2.31. The number of nitrogens with zero attached hydrogens (tertiary/aromatic N) is 2. The van der Waals surface area contributed by atoms with Crippen LogP contribution in [0.25, 0.3) is 0 Å². The number of hydrogen-bond acceptors (Lipinski definition) is 5. The van der Waals surface area contributed by atoms with Gasteiger partial charge in [0.2, 0.25) is 0 Å². The van der Waals surface area contributed by atoms with Crippen LogP contribution in [-0.4, -0.2) is 17.2 Å². The normalized spacial score (nSPS) is 15.6. The summed E-state index contributed by atoms with van der Waals surface area (Å²) in [6.07, 6.45) is 0.849. The number of fused-ring (bicyclic) bond motifs is 1. The molecule has 4 N–H and O–H groups in total. The zero-order valence-corrected chi connectivity index (χ0v) is 12.3. The molecule has 20 heavy (non-hydrogen) atoms. The minimum atomic E-state index is 0.512. The van der Waals surface area contributed by atoms with Crippen LogP contribution in [0.5, 0.6) is 0 Å². The molecule has 1 aromatic carbocycles. The lowest BCUT2D eigenvalue weighted by atomic mass is 10.1. The third-order valence-electron chi connectivity index (χ3n) is 3.05. The Morgan fingerprint density at radius 2 is 2.00 bits per heavy atom. The highest BCUT2D eigenvalue weighted by atomic mass is 79.9. The van der Waals surface area contributed by atoms with Crippen LogP contribution in [0, 0.1) is 0 Å². The van der Waals surface area contributed by atoms with Crippen LogP contribution in [0.3, 0.4) is 0 Å². The summed E-state index contributed by atoms with van der Waals surface area (Å²) < 4.78 is 1.04. The summed E-state index contributed by atoms with van der Waals surface area (Å²) in [6, 6.07) is 11.6. The van der Waals surface area contributed by atoms with Crippen molar-refractivity contribution >= 4 is 39.0 Å². The molecule has 0 bridgehead atoms. The van der Waals surface area contributed by atoms with Crippen LogP contribution in [0.15, 0.2) is 46.0 Å². The number of halogens is 1. The maximum absolute atomic E-state index is 5.70. The molecule has 0 atom stereocenters.